The molecule has 0 aliphatic heterocycles. The number of benzene rings is 1. The molecule has 0 amide bonds. The third-order valence-corrected chi connectivity index (χ3v) is 4.09. The predicted octanol–water partition coefficient (Wildman–Crippen LogP) is 3.27. The number of phenols is 1. The quantitative estimate of drug-likeness (QED) is 0.746. The van der Waals surface area contributed by atoms with E-state index < -0.39 is 0 Å². The van der Waals surface area contributed by atoms with Crippen molar-refractivity contribution >= 4 is 17.4 Å². The first-order valence-corrected chi connectivity index (χ1v) is 7.48. The van der Waals surface area contributed by atoms with Crippen molar-refractivity contribution in [2.45, 2.75) is 6.92 Å². The lowest BCUT2D eigenvalue weighted by atomic mass is 9.93. The van der Waals surface area contributed by atoms with Crippen molar-refractivity contribution in [2.24, 2.45) is 7.05 Å². The minimum Gasteiger partial charge on any atom is -0.508 e. The molecule has 0 aliphatic rings. The monoisotopic (exact) mass is 339 g/mol. The number of nitrogens with zero attached hydrogens (tertiary/aromatic N) is 4. The summed E-state index contributed by atoms with van der Waals surface area (Å²) in [6.07, 6.45) is 3.51. The number of pyridine rings is 1. The van der Waals surface area contributed by atoms with Gasteiger partial charge >= 0.3 is 0 Å². The number of hydrogen-bond acceptors (Lipinski definition) is 5. The molecule has 0 fully saturated rings. The summed E-state index contributed by atoms with van der Waals surface area (Å²) in [5.41, 5.74) is 9.68. The van der Waals surface area contributed by atoms with E-state index in [1.807, 2.05) is 20.2 Å². The van der Waals surface area contributed by atoms with E-state index in [2.05, 4.69) is 16.2 Å². The van der Waals surface area contributed by atoms with Gasteiger partial charge in [-0.05, 0) is 30.7 Å². The number of rotatable bonds is 2. The number of aromatic nitrogens is 3. The first-order valence-electron chi connectivity index (χ1n) is 7.10. The molecule has 0 bridgehead atoms. The summed E-state index contributed by atoms with van der Waals surface area (Å²) < 4.78 is 1.66. The van der Waals surface area contributed by atoms with Crippen molar-refractivity contribution in [3.8, 4) is 34.2 Å². The van der Waals surface area contributed by atoms with Crippen molar-refractivity contribution < 1.29 is 5.11 Å². The molecular formula is C17H14ClN5O. The molecule has 0 radical (unpaired) electrons. The van der Waals surface area contributed by atoms with Gasteiger partial charge in [-0.25, -0.2) is 4.98 Å². The van der Waals surface area contributed by atoms with E-state index in [0.717, 1.165) is 11.1 Å². The van der Waals surface area contributed by atoms with Gasteiger partial charge in [0.2, 0.25) is 0 Å². The highest BCUT2D eigenvalue weighted by atomic mass is 35.5. The molecular weight excluding hydrogens is 326 g/mol. The zero-order valence-corrected chi connectivity index (χ0v) is 13.8. The molecule has 3 N–H and O–H groups in total. The molecule has 120 valence electrons. The summed E-state index contributed by atoms with van der Waals surface area (Å²) in [4.78, 5) is 4.37. The van der Waals surface area contributed by atoms with Gasteiger partial charge in [0.15, 0.2) is 0 Å². The van der Waals surface area contributed by atoms with Gasteiger partial charge < -0.3 is 10.8 Å². The molecule has 3 rings (SSSR count). The molecule has 2 aromatic heterocycles. The van der Waals surface area contributed by atoms with Gasteiger partial charge in [0.1, 0.15) is 23.2 Å². The standard InChI is InChI=1S/C17H14ClN5O/c1-9-15(12-4-3-11(24)5-14(12)18)13(6-19)17(20)22-16(9)10-7-21-23(2)8-10/h3-5,7-8,24H,1-2H3,(H2,20,22). The van der Waals surface area contributed by atoms with Crippen LogP contribution in [-0.2, 0) is 7.05 Å². The van der Waals surface area contributed by atoms with E-state index in [1.54, 1.807) is 16.9 Å². The van der Waals surface area contributed by atoms with Crippen LogP contribution in [0.15, 0.2) is 30.6 Å². The number of anilines is 1. The smallest absolute Gasteiger partial charge is 0.142 e. The van der Waals surface area contributed by atoms with Crippen LogP contribution in [0.2, 0.25) is 5.02 Å². The third-order valence-electron chi connectivity index (χ3n) is 3.78. The number of aryl methyl sites for hydroxylation is 1. The highest BCUT2D eigenvalue weighted by Gasteiger charge is 2.20. The second kappa shape index (κ2) is 5.87. The first-order chi connectivity index (χ1) is 11.4. The van der Waals surface area contributed by atoms with Gasteiger partial charge in [-0.2, -0.15) is 10.4 Å². The SMILES string of the molecule is Cc1c(-c2cnn(C)c2)nc(N)c(C#N)c1-c1ccc(O)cc1Cl. The summed E-state index contributed by atoms with van der Waals surface area (Å²) in [6.45, 7) is 1.86. The third kappa shape index (κ3) is 2.55. The molecule has 7 heteroatoms. The Kier molecular flexibility index (Phi) is 3.87. The molecule has 0 unspecified atom stereocenters. The van der Waals surface area contributed by atoms with Crippen molar-refractivity contribution in [1.29, 1.82) is 5.26 Å². The number of hydrogen-bond donors (Lipinski definition) is 2. The number of aromatic hydroxyl groups is 1. The summed E-state index contributed by atoms with van der Waals surface area (Å²) >= 11 is 6.27. The van der Waals surface area contributed by atoms with Crippen molar-refractivity contribution in [1.82, 2.24) is 14.8 Å². The Morgan fingerprint density at radius 1 is 1.38 bits per heavy atom. The molecule has 0 saturated heterocycles. The van der Waals surface area contributed by atoms with Gasteiger partial charge in [-0.3, -0.25) is 4.68 Å². The molecule has 0 aliphatic carbocycles. The maximum atomic E-state index is 9.57. The molecule has 6 nitrogen and oxygen atoms in total. The Morgan fingerprint density at radius 2 is 2.12 bits per heavy atom. The van der Waals surface area contributed by atoms with Gasteiger partial charge in [-0.15, -0.1) is 0 Å². The fourth-order valence-electron chi connectivity index (χ4n) is 2.68. The van der Waals surface area contributed by atoms with Gasteiger partial charge in [0.25, 0.3) is 0 Å². The van der Waals surface area contributed by atoms with Crippen LogP contribution in [0, 0.1) is 18.3 Å². The van der Waals surface area contributed by atoms with Gasteiger partial charge in [0, 0.05) is 29.9 Å². The lowest BCUT2D eigenvalue weighted by Gasteiger charge is -2.15. The second-order valence-electron chi connectivity index (χ2n) is 5.40. The molecule has 0 atom stereocenters. The van der Waals surface area contributed by atoms with Crippen molar-refractivity contribution in [2.75, 3.05) is 5.73 Å². The first kappa shape index (κ1) is 15.8. The molecule has 0 spiro atoms. The summed E-state index contributed by atoms with van der Waals surface area (Å²) in [7, 11) is 1.81. The highest BCUT2D eigenvalue weighted by Crippen LogP contribution is 2.39. The minimum atomic E-state index is 0.0504. The topological polar surface area (TPSA) is 101 Å². The van der Waals surface area contributed by atoms with E-state index in [-0.39, 0.29) is 17.1 Å². The maximum absolute atomic E-state index is 9.57. The lowest BCUT2D eigenvalue weighted by molar-refractivity contribution is 0.475. The van der Waals surface area contributed by atoms with Crippen LogP contribution in [0.4, 0.5) is 5.82 Å². The van der Waals surface area contributed by atoms with E-state index in [4.69, 9.17) is 17.3 Å². The number of nitrogen functional groups attached to an aromatic ring is 1. The highest BCUT2D eigenvalue weighted by molar-refractivity contribution is 6.33. The van der Waals surface area contributed by atoms with Crippen LogP contribution in [0.3, 0.4) is 0 Å². The maximum Gasteiger partial charge on any atom is 0.142 e. The Balaban J connectivity index is 2.36. The van der Waals surface area contributed by atoms with Crippen LogP contribution in [0.5, 0.6) is 5.75 Å². The van der Waals surface area contributed by atoms with Crippen LogP contribution in [-0.4, -0.2) is 19.9 Å². The Hall–Kier alpha value is -3.04. The van der Waals surface area contributed by atoms with Crippen LogP contribution < -0.4 is 5.73 Å². The van der Waals surface area contributed by atoms with Gasteiger partial charge in [-0.1, -0.05) is 11.6 Å². The average molecular weight is 340 g/mol. The Bertz CT molecular complexity index is 987. The Morgan fingerprint density at radius 3 is 2.71 bits per heavy atom. The average Bonchev–Trinajstić information content (AvgIpc) is 2.96. The largest absolute Gasteiger partial charge is 0.508 e. The molecule has 2 heterocycles. The van der Waals surface area contributed by atoms with Crippen LogP contribution in [0.25, 0.3) is 22.4 Å². The number of phenolic OH excluding ortho intramolecular Hbond substituents is 1. The molecule has 1 aromatic carbocycles. The normalized spacial score (nSPS) is 10.6. The molecule has 3 aromatic rings. The Labute approximate surface area is 143 Å². The van der Waals surface area contributed by atoms with Crippen LogP contribution >= 0.6 is 11.6 Å². The van der Waals surface area contributed by atoms with Gasteiger partial charge in [0.05, 0.1) is 16.9 Å². The number of nitriles is 1. The number of halogens is 1. The fraction of sp³-hybridized carbons (Fsp3) is 0.118. The summed E-state index contributed by atoms with van der Waals surface area (Å²) in [5.74, 6) is 0.176. The fourth-order valence-corrected chi connectivity index (χ4v) is 2.94. The predicted molar refractivity (Wildman–Crippen MR) is 92.4 cm³/mol. The lowest BCUT2D eigenvalue weighted by Crippen LogP contribution is -2.03. The van der Waals surface area contributed by atoms with E-state index in [0.29, 0.717) is 21.8 Å². The van der Waals surface area contributed by atoms with E-state index >= 15 is 0 Å². The molecule has 0 saturated carbocycles. The van der Waals surface area contributed by atoms with E-state index in [1.165, 1.54) is 12.1 Å². The summed E-state index contributed by atoms with van der Waals surface area (Å²) in [6, 6.07) is 6.70. The van der Waals surface area contributed by atoms with E-state index in [9.17, 15) is 10.4 Å². The second-order valence-corrected chi connectivity index (χ2v) is 5.81. The van der Waals surface area contributed by atoms with Crippen molar-refractivity contribution in [3.63, 3.8) is 0 Å². The zero-order valence-electron chi connectivity index (χ0n) is 13.1. The van der Waals surface area contributed by atoms with Crippen LogP contribution in [0.1, 0.15) is 11.1 Å². The number of nitrogens with two attached hydrogens (primary N) is 1. The van der Waals surface area contributed by atoms with Crippen molar-refractivity contribution in [3.05, 3.63) is 46.7 Å². The summed E-state index contributed by atoms with van der Waals surface area (Å²) in [5, 5.41) is 23.6. The zero-order chi connectivity index (χ0) is 17.4. The minimum absolute atomic E-state index is 0.0504. The molecule has 24 heavy (non-hydrogen) atoms.